The van der Waals surface area contributed by atoms with Gasteiger partial charge in [-0.3, -0.25) is 20.0 Å². The van der Waals surface area contributed by atoms with Gasteiger partial charge in [0.05, 0.1) is 22.0 Å². The van der Waals surface area contributed by atoms with E-state index in [1.807, 2.05) is 29.6 Å². The second-order valence-corrected chi connectivity index (χ2v) is 7.98. The molecule has 2 aromatic heterocycles. The van der Waals surface area contributed by atoms with Crippen molar-refractivity contribution < 1.29 is 4.92 Å². The molecular weight excluding hydrogens is 472 g/mol. The molecule has 0 saturated heterocycles. The number of nitrogens with zero attached hydrogens (tertiary/aromatic N) is 5. The highest BCUT2D eigenvalue weighted by Gasteiger charge is 2.15. The summed E-state index contributed by atoms with van der Waals surface area (Å²) in [4.78, 5) is 27.7. The molecule has 1 N–H and O–H groups in total. The van der Waals surface area contributed by atoms with Crippen LogP contribution in [0, 0.1) is 17.0 Å². The van der Waals surface area contributed by atoms with Gasteiger partial charge < -0.3 is 0 Å². The maximum atomic E-state index is 12.8. The Hall–Kier alpha value is -3.44. The molecule has 0 spiro atoms. The van der Waals surface area contributed by atoms with Crippen LogP contribution in [0.15, 0.2) is 73.4 Å². The lowest BCUT2D eigenvalue weighted by Gasteiger charge is -1.97. The van der Waals surface area contributed by atoms with Crippen LogP contribution < -0.4 is 5.56 Å². The molecule has 9 nitrogen and oxygen atoms in total. The van der Waals surface area contributed by atoms with E-state index in [9.17, 15) is 14.9 Å². The highest BCUT2D eigenvalue weighted by Crippen LogP contribution is 2.26. The zero-order chi connectivity index (χ0) is 21.3. The Bertz CT molecular complexity index is 1320. The van der Waals surface area contributed by atoms with E-state index in [0.29, 0.717) is 10.8 Å². The molecule has 11 heteroatoms. The van der Waals surface area contributed by atoms with Crippen molar-refractivity contribution in [3.63, 3.8) is 0 Å². The number of hydrogen-bond donors (Lipinski definition) is 1. The van der Waals surface area contributed by atoms with Crippen LogP contribution in [0.4, 0.5) is 17.1 Å². The number of azo groups is 1. The van der Waals surface area contributed by atoms with E-state index in [1.165, 1.54) is 34.2 Å². The number of aryl methyl sites for hydroxylation is 1. The van der Waals surface area contributed by atoms with E-state index in [2.05, 4.69) is 36.2 Å². The minimum atomic E-state index is -0.515. The maximum Gasteiger partial charge on any atom is 0.301 e. The first-order valence-corrected chi connectivity index (χ1v) is 10.3. The Kier molecular flexibility index (Phi) is 5.38. The van der Waals surface area contributed by atoms with Crippen molar-refractivity contribution >= 4 is 44.3 Å². The van der Waals surface area contributed by atoms with Gasteiger partial charge in [0.25, 0.3) is 5.69 Å². The molecule has 0 aliphatic rings. The van der Waals surface area contributed by atoms with Gasteiger partial charge in [-0.1, -0.05) is 34.1 Å². The number of nitro groups is 1. The number of non-ortho nitro benzene ring substituents is 1. The van der Waals surface area contributed by atoms with Crippen molar-refractivity contribution in [1.82, 2.24) is 14.8 Å². The summed E-state index contributed by atoms with van der Waals surface area (Å²) in [6.45, 7) is 1.70. The molecule has 2 heterocycles. The van der Waals surface area contributed by atoms with E-state index in [0.717, 1.165) is 15.7 Å². The minimum absolute atomic E-state index is 0.0992. The third-order valence-corrected chi connectivity index (χ3v) is 5.52. The SMILES string of the molecule is Cc1[nH]n(-c2nc(-c3ccc(Br)cc3)cs2)c(=O)c1N=Nc1cccc([N+](=O)[O-])c1. The van der Waals surface area contributed by atoms with Gasteiger partial charge in [-0.25, -0.2) is 4.98 Å². The van der Waals surface area contributed by atoms with Crippen LogP contribution in [0.5, 0.6) is 0 Å². The van der Waals surface area contributed by atoms with Crippen molar-refractivity contribution in [2.24, 2.45) is 10.2 Å². The molecule has 0 radical (unpaired) electrons. The van der Waals surface area contributed by atoms with Crippen LogP contribution in [0.25, 0.3) is 16.4 Å². The van der Waals surface area contributed by atoms with Crippen LogP contribution in [-0.2, 0) is 0 Å². The van der Waals surface area contributed by atoms with E-state index in [1.54, 1.807) is 13.0 Å². The molecule has 0 unspecified atom stereocenters. The highest BCUT2D eigenvalue weighted by atomic mass is 79.9. The second kappa shape index (κ2) is 8.13. The fraction of sp³-hybridized carbons (Fsp3) is 0.0526. The molecule has 0 amide bonds. The number of aromatic nitrogens is 3. The molecular formula is C19H13BrN6O3S. The Morgan fingerprint density at radius 3 is 2.70 bits per heavy atom. The van der Waals surface area contributed by atoms with Crippen molar-refractivity contribution in [2.75, 3.05) is 0 Å². The van der Waals surface area contributed by atoms with Crippen molar-refractivity contribution in [2.45, 2.75) is 6.92 Å². The summed E-state index contributed by atoms with van der Waals surface area (Å²) in [5, 5.41) is 24.2. The molecule has 0 atom stereocenters. The van der Waals surface area contributed by atoms with Gasteiger partial charge in [0.1, 0.15) is 0 Å². The first-order valence-electron chi connectivity index (χ1n) is 8.62. The van der Waals surface area contributed by atoms with E-state index >= 15 is 0 Å². The number of halogens is 1. The smallest absolute Gasteiger partial charge is 0.291 e. The third kappa shape index (κ3) is 3.98. The predicted molar refractivity (Wildman–Crippen MR) is 117 cm³/mol. The van der Waals surface area contributed by atoms with E-state index in [4.69, 9.17) is 0 Å². The van der Waals surface area contributed by atoms with Crippen molar-refractivity contribution in [3.05, 3.63) is 84.5 Å². The Morgan fingerprint density at radius 1 is 1.20 bits per heavy atom. The monoisotopic (exact) mass is 484 g/mol. The number of H-pyrrole nitrogens is 1. The number of thiazole rings is 1. The zero-order valence-corrected chi connectivity index (χ0v) is 17.8. The third-order valence-electron chi connectivity index (χ3n) is 4.17. The van der Waals surface area contributed by atoms with Crippen LogP contribution in [0.1, 0.15) is 5.69 Å². The fourth-order valence-corrected chi connectivity index (χ4v) is 3.74. The Balaban J connectivity index is 1.64. The number of nitro benzene ring substituents is 1. The van der Waals surface area contributed by atoms with Crippen LogP contribution >= 0.6 is 27.3 Å². The average molecular weight is 485 g/mol. The zero-order valence-electron chi connectivity index (χ0n) is 15.4. The molecule has 0 aliphatic heterocycles. The lowest BCUT2D eigenvalue weighted by molar-refractivity contribution is -0.384. The number of aromatic amines is 1. The molecule has 0 aliphatic carbocycles. The molecule has 0 saturated carbocycles. The Morgan fingerprint density at radius 2 is 1.97 bits per heavy atom. The van der Waals surface area contributed by atoms with E-state index in [-0.39, 0.29) is 17.1 Å². The summed E-state index contributed by atoms with van der Waals surface area (Å²) in [6, 6.07) is 13.4. The van der Waals surface area contributed by atoms with Gasteiger partial charge in [0.2, 0.25) is 5.13 Å². The Labute approximate surface area is 182 Å². The molecule has 0 bridgehead atoms. The summed E-state index contributed by atoms with van der Waals surface area (Å²) in [5.74, 6) is 0. The summed E-state index contributed by atoms with van der Waals surface area (Å²) in [6.07, 6.45) is 0. The largest absolute Gasteiger partial charge is 0.301 e. The molecule has 0 fully saturated rings. The first kappa shape index (κ1) is 19.9. The molecule has 150 valence electrons. The summed E-state index contributed by atoms with van der Waals surface area (Å²) >= 11 is 4.72. The summed E-state index contributed by atoms with van der Waals surface area (Å²) in [5.41, 5.74) is 2.08. The van der Waals surface area contributed by atoms with Crippen molar-refractivity contribution in [1.29, 1.82) is 0 Å². The van der Waals surface area contributed by atoms with Gasteiger partial charge in [0.15, 0.2) is 5.69 Å². The molecule has 2 aromatic carbocycles. The quantitative estimate of drug-likeness (QED) is 0.222. The van der Waals surface area contributed by atoms with Crippen LogP contribution in [-0.4, -0.2) is 19.7 Å². The normalized spacial score (nSPS) is 11.3. The number of hydrogen-bond acceptors (Lipinski definition) is 7. The van der Waals surface area contributed by atoms with Gasteiger partial charge in [-0.2, -0.15) is 9.80 Å². The summed E-state index contributed by atoms with van der Waals surface area (Å²) < 4.78 is 2.28. The fourth-order valence-electron chi connectivity index (χ4n) is 2.69. The maximum absolute atomic E-state index is 12.8. The number of nitrogens with one attached hydrogen (secondary N) is 1. The second-order valence-electron chi connectivity index (χ2n) is 6.23. The van der Waals surface area contributed by atoms with Crippen molar-refractivity contribution in [3.8, 4) is 16.4 Å². The van der Waals surface area contributed by atoms with Gasteiger partial charge >= 0.3 is 5.56 Å². The average Bonchev–Trinajstić information content (AvgIpc) is 3.32. The van der Waals surface area contributed by atoms with Gasteiger partial charge in [0, 0.05) is 27.5 Å². The van der Waals surface area contributed by atoms with Crippen LogP contribution in [0.2, 0.25) is 0 Å². The van der Waals surface area contributed by atoms with Crippen LogP contribution in [0.3, 0.4) is 0 Å². The van der Waals surface area contributed by atoms with Gasteiger partial charge in [-0.05, 0) is 25.1 Å². The lowest BCUT2D eigenvalue weighted by Crippen LogP contribution is -2.13. The van der Waals surface area contributed by atoms with Gasteiger partial charge in [-0.15, -0.1) is 16.5 Å². The molecule has 4 rings (SSSR count). The standard InChI is InChI=1S/C19H13BrN6O3S/c1-11-17(23-22-14-3-2-4-15(9-14)26(28)29)18(27)25(24-11)19-21-16(10-30-19)12-5-7-13(20)8-6-12/h2-10,24H,1H3. The highest BCUT2D eigenvalue weighted by molar-refractivity contribution is 9.10. The van der Waals surface area contributed by atoms with E-state index < -0.39 is 10.5 Å². The molecule has 4 aromatic rings. The first-order chi connectivity index (χ1) is 14.4. The predicted octanol–water partition coefficient (Wildman–Crippen LogP) is 5.68. The number of benzene rings is 2. The minimum Gasteiger partial charge on any atom is -0.291 e. The summed E-state index contributed by atoms with van der Waals surface area (Å²) in [7, 11) is 0. The topological polar surface area (TPSA) is 119 Å². The lowest BCUT2D eigenvalue weighted by atomic mass is 10.2. The molecule has 30 heavy (non-hydrogen) atoms. The number of rotatable bonds is 5.